The molecule has 3 nitrogen and oxygen atoms in total. The lowest BCUT2D eigenvalue weighted by Gasteiger charge is -2.18. The van der Waals surface area contributed by atoms with Crippen LogP contribution in [0.25, 0.3) is 0 Å². The number of hydrogen-bond donors (Lipinski definition) is 1. The minimum atomic E-state index is 0.0292. The van der Waals surface area contributed by atoms with E-state index in [9.17, 15) is 0 Å². The summed E-state index contributed by atoms with van der Waals surface area (Å²) in [5, 5.41) is 10.3. The number of hydrogen-bond acceptors (Lipinski definition) is 3. The van der Waals surface area contributed by atoms with Crippen LogP contribution in [0.5, 0.6) is 0 Å². The van der Waals surface area contributed by atoms with Crippen LogP contribution in [-0.2, 0) is 0 Å². The molecule has 1 N–H and O–H groups in total. The Labute approximate surface area is 119 Å². The predicted molar refractivity (Wildman–Crippen MR) is 74.2 cm³/mol. The molecular weight excluding hydrogens is 306 g/mol. The lowest BCUT2D eigenvalue weighted by molar-refractivity contribution is 0.302. The smallest absolute Gasteiger partial charge is 0.0903 e. The molecule has 0 bridgehead atoms. The van der Waals surface area contributed by atoms with Crippen molar-refractivity contribution in [3.63, 3.8) is 0 Å². The third-order valence-electron chi connectivity index (χ3n) is 2.67. The monoisotopic (exact) mass is 314 g/mol. The number of rotatable bonds is 2. The highest BCUT2D eigenvalue weighted by Gasteiger charge is 2.31. The minimum absolute atomic E-state index is 0.0292. The van der Waals surface area contributed by atoms with Crippen LogP contribution in [0.2, 0.25) is 20.1 Å². The molecule has 1 aliphatic heterocycles. The summed E-state index contributed by atoms with van der Waals surface area (Å²) in [6.07, 6.45) is 0. The summed E-state index contributed by atoms with van der Waals surface area (Å²) in [6.45, 7) is 1.08. The summed E-state index contributed by atoms with van der Waals surface area (Å²) in [4.78, 5) is 3.83. The lowest BCUT2D eigenvalue weighted by atomic mass is 10.2. The van der Waals surface area contributed by atoms with E-state index in [1.54, 1.807) is 0 Å². The average molecular weight is 316 g/mol. The summed E-state index contributed by atoms with van der Waals surface area (Å²) < 4.78 is 0. The van der Waals surface area contributed by atoms with E-state index in [0.717, 1.165) is 11.4 Å². The molecule has 0 saturated heterocycles. The fraction of sp³-hybridized carbons (Fsp3) is 0.400. The summed E-state index contributed by atoms with van der Waals surface area (Å²) in [5.41, 5.74) is 1.47. The molecule has 0 amide bonds. The van der Waals surface area contributed by atoms with E-state index in [2.05, 4.69) is 0 Å². The van der Waals surface area contributed by atoms with Gasteiger partial charge in [-0.1, -0.05) is 46.4 Å². The zero-order valence-corrected chi connectivity index (χ0v) is 12.0. The maximum atomic E-state index is 9.03. The van der Waals surface area contributed by atoms with Crippen LogP contribution in [0.3, 0.4) is 0 Å². The van der Waals surface area contributed by atoms with Crippen LogP contribution >= 0.6 is 46.4 Å². The molecule has 0 fully saturated rings. The number of nitrogens with zero attached hydrogens (tertiary/aromatic N) is 2. The molecule has 0 aliphatic carbocycles. The predicted octanol–water partition coefficient (Wildman–Crippen LogP) is 3.51. The van der Waals surface area contributed by atoms with E-state index >= 15 is 0 Å². The largest absolute Gasteiger partial charge is 0.395 e. The van der Waals surface area contributed by atoms with Crippen LogP contribution in [0, 0.1) is 0 Å². The van der Waals surface area contributed by atoms with Gasteiger partial charge in [-0.2, -0.15) is 0 Å². The van der Waals surface area contributed by atoms with Crippen LogP contribution < -0.4 is 9.80 Å². The van der Waals surface area contributed by atoms with Crippen LogP contribution in [0.1, 0.15) is 0 Å². The average Bonchev–Trinajstić information content (AvgIpc) is 2.61. The van der Waals surface area contributed by atoms with E-state index in [4.69, 9.17) is 51.5 Å². The first-order valence-corrected chi connectivity index (χ1v) is 6.43. The number of benzene rings is 1. The molecule has 1 heterocycles. The lowest BCUT2D eigenvalue weighted by Crippen LogP contribution is -2.30. The van der Waals surface area contributed by atoms with Gasteiger partial charge in [0, 0.05) is 13.6 Å². The molecule has 0 saturated carbocycles. The van der Waals surface area contributed by atoms with E-state index in [1.165, 1.54) is 0 Å². The van der Waals surface area contributed by atoms with E-state index in [0.29, 0.717) is 23.3 Å². The van der Waals surface area contributed by atoms with Crippen molar-refractivity contribution < 1.29 is 5.11 Å². The number of β-amino-alcohol motifs (C(OH)–C–C–N with tert-alkyl or cyclic N) is 1. The Morgan fingerprint density at radius 1 is 1.00 bits per heavy atom. The van der Waals surface area contributed by atoms with Crippen molar-refractivity contribution in [3.05, 3.63) is 20.1 Å². The summed E-state index contributed by atoms with van der Waals surface area (Å²) in [6, 6.07) is 0. The van der Waals surface area contributed by atoms with Gasteiger partial charge in [0.05, 0.1) is 44.7 Å². The zero-order chi connectivity index (χ0) is 12.7. The molecule has 1 aromatic rings. The zero-order valence-electron chi connectivity index (χ0n) is 8.97. The Hall–Kier alpha value is -0.0600. The highest BCUT2D eigenvalue weighted by molar-refractivity contribution is 6.54. The first kappa shape index (κ1) is 13.4. The maximum Gasteiger partial charge on any atom is 0.0903 e. The van der Waals surface area contributed by atoms with E-state index < -0.39 is 0 Å². The van der Waals surface area contributed by atoms with E-state index in [1.807, 2.05) is 16.8 Å². The Bertz CT molecular complexity index is 466. The quantitative estimate of drug-likeness (QED) is 0.668. The van der Waals surface area contributed by atoms with Gasteiger partial charge in [0.2, 0.25) is 0 Å². The second-order valence-electron chi connectivity index (χ2n) is 3.78. The number of halogens is 4. The minimum Gasteiger partial charge on any atom is -0.395 e. The van der Waals surface area contributed by atoms with Gasteiger partial charge in [0.15, 0.2) is 0 Å². The van der Waals surface area contributed by atoms with Crippen LogP contribution in [0.15, 0.2) is 0 Å². The molecule has 1 aromatic carbocycles. The van der Waals surface area contributed by atoms with Crippen molar-refractivity contribution in [1.82, 2.24) is 0 Å². The van der Waals surface area contributed by atoms with Crippen molar-refractivity contribution in [3.8, 4) is 0 Å². The molecule has 17 heavy (non-hydrogen) atoms. The molecule has 2 rings (SSSR count). The maximum absolute atomic E-state index is 9.03. The summed E-state index contributed by atoms with van der Waals surface area (Å²) in [7, 11) is 1.88. The second-order valence-corrected chi connectivity index (χ2v) is 5.29. The highest BCUT2D eigenvalue weighted by Crippen LogP contribution is 2.52. The van der Waals surface area contributed by atoms with Crippen molar-refractivity contribution in [1.29, 1.82) is 0 Å². The van der Waals surface area contributed by atoms with E-state index in [-0.39, 0.29) is 16.7 Å². The molecular formula is C10H10Cl4N2O. The highest BCUT2D eigenvalue weighted by atomic mass is 35.5. The second kappa shape index (κ2) is 4.90. The number of aliphatic hydroxyl groups is 1. The normalized spacial score (nSPS) is 14.5. The van der Waals surface area contributed by atoms with Gasteiger partial charge in [0.25, 0.3) is 0 Å². The number of anilines is 2. The van der Waals surface area contributed by atoms with Gasteiger partial charge in [-0.25, -0.2) is 0 Å². The fourth-order valence-electron chi connectivity index (χ4n) is 1.95. The first-order valence-electron chi connectivity index (χ1n) is 4.92. The molecule has 0 atom stereocenters. The van der Waals surface area contributed by atoms with Crippen molar-refractivity contribution in [2.45, 2.75) is 0 Å². The first-order chi connectivity index (χ1) is 7.99. The van der Waals surface area contributed by atoms with Crippen molar-refractivity contribution in [2.24, 2.45) is 0 Å². The summed E-state index contributed by atoms with van der Waals surface area (Å²) >= 11 is 24.4. The van der Waals surface area contributed by atoms with Gasteiger partial charge in [-0.05, 0) is 0 Å². The Balaban J connectivity index is 2.64. The Kier molecular flexibility index (Phi) is 3.86. The van der Waals surface area contributed by atoms with Gasteiger partial charge in [-0.15, -0.1) is 0 Å². The number of aliphatic hydroxyl groups excluding tert-OH is 1. The molecule has 1 aliphatic rings. The van der Waals surface area contributed by atoms with Gasteiger partial charge in [-0.3, -0.25) is 0 Å². The molecule has 94 valence electrons. The number of fused-ring (bicyclic) bond motifs is 1. The molecule has 0 spiro atoms. The Morgan fingerprint density at radius 2 is 1.53 bits per heavy atom. The van der Waals surface area contributed by atoms with Crippen LogP contribution in [-0.4, -0.2) is 32.0 Å². The van der Waals surface area contributed by atoms with Gasteiger partial charge < -0.3 is 14.9 Å². The molecule has 0 radical (unpaired) electrons. The summed E-state index contributed by atoms with van der Waals surface area (Å²) in [5.74, 6) is 0. The van der Waals surface area contributed by atoms with Gasteiger partial charge in [0.1, 0.15) is 0 Å². The third kappa shape index (κ3) is 2.04. The molecule has 0 aromatic heterocycles. The van der Waals surface area contributed by atoms with Gasteiger partial charge >= 0.3 is 0 Å². The third-order valence-corrected chi connectivity index (χ3v) is 4.45. The molecule has 0 unspecified atom stereocenters. The topological polar surface area (TPSA) is 26.7 Å². The molecule has 7 heteroatoms. The SMILES string of the molecule is CN1CN(CCO)c2c(Cl)c(Cl)c(Cl)c(Cl)c21. The van der Waals surface area contributed by atoms with Crippen molar-refractivity contribution >= 4 is 57.8 Å². The fourth-order valence-corrected chi connectivity index (χ4v) is 3.04. The van der Waals surface area contributed by atoms with Crippen LogP contribution in [0.4, 0.5) is 11.4 Å². The Morgan fingerprint density at radius 3 is 2.06 bits per heavy atom. The standard InChI is InChI=1S/C10H10Cl4N2O/c1-15-4-16(2-3-17)10-8(14)6(12)5(11)7(13)9(10)15/h17H,2-4H2,1H3. The van der Waals surface area contributed by atoms with Crippen molar-refractivity contribution in [2.75, 3.05) is 36.7 Å².